The van der Waals surface area contributed by atoms with Gasteiger partial charge in [0.2, 0.25) is 0 Å². The zero-order valence-corrected chi connectivity index (χ0v) is 26.1. The maximum absolute atomic E-state index is 11.6. The molecule has 0 amide bonds. The van der Waals surface area contributed by atoms with Gasteiger partial charge in [-0.2, -0.15) is 0 Å². The van der Waals surface area contributed by atoms with E-state index in [2.05, 4.69) is 28.1 Å². The van der Waals surface area contributed by atoms with Gasteiger partial charge in [-0.3, -0.25) is 0 Å². The molecule has 2 N–H and O–H groups in total. The van der Waals surface area contributed by atoms with Crippen LogP contribution in [0, 0.1) is 13.8 Å². The van der Waals surface area contributed by atoms with E-state index in [0.29, 0.717) is 28.5 Å². The second-order valence-electron chi connectivity index (χ2n) is 10.5. The number of benzene rings is 3. The van der Waals surface area contributed by atoms with Crippen LogP contribution in [-0.4, -0.2) is 63.5 Å². The van der Waals surface area contributed by atoms with E-state index in [-0.39, 0.29) is 60.7 Å². The van der Waals surface area contributed by atoms with E-state index in [1.807, 2.05) is 32.0 Å². The van der Waals surface area contributed by atoms with Gasteiger partial charge in [0.05, 0.1) is 11.1 Å². The number of aryl methyl sites for hydroxylation is 2. The van der Waals surface area contributed by atoms with Crippen molar-refractivity contribution >= 4 is 11.9 Å². The van der Waals surface area contributed by atoms with Gasteiger partial charge in [0.1, 0.15) is 49.4 Å². The van der Waals surface area contributed by atoms with Crippen LogP contribution in [0.3, 0.4) is 0 Å². The summed E-state index contributed by atoms with van der Waals surface area (Å²) in [4.78, 5) is 37.1. The van der Waals surface area contributed by atoms with E-state index >= 15 is 0 Å². The lowest BCUT2D eigenvalue weighted by molar-refractivity contribution is -0.140. The van der Waals surface area contributed by atoms with Crippen LogP contribution < -0.4 is 9.47 Å². The average Bonchev–Trinajstić information content (AvgIpc) is 3.01. The highest BCUT2D eigenvalue weighted by molar-refractivity contribution is 5.87. The summed E-state index contributed by atoms with van der Waals surface area (Å²) in [5, 5.41) is 21.9. The molecule has 1 aromatic heterocycles. The minimum absolute atomic E-state index is 0.0140. The van der Waals surface area contributed by atoms with Crippen LogP contribution >= 0.6 is 0 Å². The molecule has 11 nitrogen and oxygen atoms in total. The Morgan fingerprint density at radius 2 is 1.04 bits per heavy atom. The topological polar surface area (TPSA) is 150 Å². The van der Waals surface area contributed by atoms with Crippen molar-refractivity contribution in [3.63, 3.8) is 0 Å². The number of carbonyl (C=O) groups is 2. The van der Waals surface area contributed by atoms with Gasteiger partial charge in [0.15, 0.2) is 17.5 Å². The molecule has 0 aliphatic rings. The largest absolute Gasteiger partial charge is 0.507 e. The van der Waals surface area contributed by atoms with Crippen LogP contribution in [0.2, 0.25) is 0 Å². The van der Waals surface area contributed by atoms with Crippen LogP contribution in [-0.2, 0) is 19.1 Å². The molecule has 0 spiro atoms. The molecular formula is C35H35N3O8. The summed E-state index contributed by atoms with van der Waals surface area (Å²) in [5.41, 5.74) is 3.94. The fourth-order valence-electron chi connectivity index (χ4n) is 4.22. The first-order valence-electron chi connectivity index (χ1n) is 14.3. The van der Waals surface area contributed by atoms with Crippen LogP contribution in [0.4, 0.5) is 0 Å². The summed E-state index contributed by atoms with van der Waals surface area (Å²) in [6.45, 7) is 14.3. The molecule has 0 atom stereocenters. The highest BCUT2D eigenvalue weighted by atomic mass is 16.6. The summed E-state index contributed by atoms with van der Waals surface area (Å²) in [5.74, 6) is 0.0375. The molecule has 0 aliphatic heterocycles. The number of phenolic OH excluding ortho intramolecular Hbond substituents is 2. The first-order chi connectivity index (χ1) is 21.9. The fourth-order valence-corrected chi connectivity index (χ4v) is 4.22. The number of hydrogen-bond acceptors (Lipinski definition) is 11. The second-order valence-corrected chi connectivity index (χ2v) is 10.5. The Labute approximate surface area is 266 Å². The van der Waals surface area contributed by atoms with Crippen molar-refractivity contribution in [2.24, 2.45) is 0 Å². The Morgan fingerprint density at radius 3 is 1.43 bits per heavy atom. The molecule has 11 heteroatoms. The van der Waals surface area contributed by atoms with Gasteiger partial charge in [-0.1, -0.05) is 36.9 Å². The smallest absolute Gasteiger partial charge is 0.333 e. The van der Waals surface area contributed by atoms with E-state index < -0.39 is 11.9 Å². The number of ether oxygens (including phenoxy) is 4. The molecule has 1 heterocycles. The lowest BCUT2D eigenvalue weighted by Gasteiger charge is -2.13. The van der Waals surface area contributed by atoms with Gasteiger partial charge >= 0.3 is 11.9 Å². The maximum Gasteiger partial charge on any atom is 0.333 e. The monoisotopic (exact) mass is 625 g/mol. The molecule has 4 aromatic rings. The highest BCUT2D eigenvalue weighted by Crippen LogP contribution is 2.36. The summed E-state index contributed by atoms with van der Waals surface area (Å²) in [6.07, 6.45) is 0. The minimum Gasteiger partial charge on any atom is -0.507 e. The quantitative estimate of drug-likeness (QED) is 0.104. The summed E-state index contributed by atoms with van der Waals surface area (Å²) in [6, 6.07) is 15.1. The first-order valence-corrected chi connectivity index (χ1v) is 14.3. The number of rotatable bonds is 13. The number of esters is 2. The van der Waals surface area contributed by atoms with E-state index in [0.717, 1.165) is 16.7 Å². The molecule has 0 saturated heterocycles. The summed E-state index contributed by atoms with van der Waals surface area (Å²) >= 11 is 0. The zero-order valence-electron chi connectivity index (χ0n) is 26.1. The molecule has 0 saturated carbocycles. The maximum atomic E-state index is 11.6. The Hall–Kier alpha value is -5.71. The number of aromatic nitrogens is 3. The van der Waals surface area contributed by atoms with Crippen molar-refractivity contribution in [1.82, 2.24) is 15.0 Å². The fraction of sp³-hybridized carbons (Fsp3) is 0.229. The normalized spacial score (nSPS) is 10.6. The molecule has 46 heavy (non-hydrogen) atoms. The van der Waals surface area contributed by atoms with Crippen molar-refractivity contribution in [3.8, 4) is 57.2 Å². The number of phenols is 2. The van der Waals surface area contributed by atoms with E-state index in [4.69, 9.17) is 18.9 Å². The average molecular weight is 626 g/mol. The molecule has 3 aromatic carbocycles. The third-order valence-corrected chi connectivity index (χ3v) is 6.55. The van der Waals surface area contributed by atoms with Gasteiger partial charge in [-0.05, 0) is 57.5 Å². The molecule has 0 radical (unpaired) electrons. The van der Waals surface area contributed by atoms with Crippen molar-refractivity contribution in [2.45, 2.75) is 27.7 Å². The summed E-state index contributed by atoms with van der Waals surface area (Å²) < 4.78 is 21.3. The molecule has 238 valence electrons. The zero-order chi connectivity index (χ0) is 33.4. The third-order valence-electron chi connectivity index (χ3n) is 6.55. The van der Waals surface area contributed by atoms with Crippen LogP contribution in [0.15, 0.2) is 78.9 Å². The van der Waals surface area contributed by atoms with Gasteiger partial charge < -0.3 is 29.2 Å². The van der Waals surface area contributed by atoms with Crippen LogP contribution in [0.1, 0.15) is 25.0 Å². The van der Waals surface area contributed by atoms with E-state index in [1.165, 1.54) is 12.1 Å². The van der Waals surface area contributed by atoms with Gasteiger partial charge in [-0.15, -0.1) is 0 Å². The number of aromatic hydroxyl groups is 2. The van der Waals surface area contributed by atoms with Crippen molar-refractivity contribution in [3.05, 3.63) is 90.0 Å². The Balaban J connectivity index is 1.63. The lowest BCUT2D eigenvalue weighted by atomic mass is 10.0. The number of hydrogen-bond donors (Lipinski definition) is 2. The SMILES string of the molecule is C=C(C)C(=O)OCCOc1ccc(-c2nc(-c3ccc(C)cc3C)nc(-c3ccc(OCCOC(=O)C(=C)C)cc3O)n2)c(O)c1. The minimum atomic E-state index is -0.512. The standard InChI is InChI=1S/C35H35N3O8/c1-20(2)34(41)45-15-13-43-24-8-11-27(29(39)18-24)32-36-31(26-10-7-22(5)17-23(26)6)37-33(38-32)28-12-9-25(19-30(28)40)44-14-16-46-35(42)21(3)4/h7-12,17-19,39-40H,1,3,13-16H2,2,4-6H3. The predicted molar refractivity (Wildman–Crippen MR) is 171 cm³/mol. The van der Waals surface area contributed by atoms with Gasteiger partial charge in [0, 0.05) is 28.8 Å². The van der Waals surface area contributed by atoms with Gasteiger partial charge in [-0.25, -0.2) is 24.5 Å². The number of carbonyl (C=O) groups excluding carboxylic acids is 2. The number of nitrogens with zero attached hydrogens (tertiary/aromatic N) is 3. The van der Waals surface area contributed by atoms with Crippen molar-refractivity contribution in [2.75, 3.05) is 26.4 Å². The molecule has 0 bridgehead atoms. The highest BCUT2D eigenvalue weighted by Gasteiger charge is 2.18. The molecular weight excluding hydrogens is 590 g/mol. The predicted octanol–water partition coefficient (Wildman–Crippen LogP) is 5.90. The van der Waals surface area contributed by atoms with Gasteiger partial charge in [0.25, 0.3) is 0 Å². The Kier molecular flexibility index (Phi) is 10.7. The Morgan fingerprint density at radius 1 is 0.630 bits per heavy atom. The molecule has 0 aliphatic carbocycles. The Bertz CT molecular complexity index is 1700. The lowest BCUT2D eigenvalue weighted by Crippen LogP contribution is -2.12. The second kappa shape index (κ2) is 14.8. The van der Waals surface area contributed by atoms with Crippen molar-refractivity contribution in [1.29, 1.82) is 0 Å². The molecule has 4 rings (SSSR count). The summed E-state index contributed by atoms with van der Waals surface area (Å²) in [7, 11) is 0. The van der Waals surface area contributed by atoms with E-state index in [9.17, 15) is 19.8 Å². The molecule has 0 fully saturated rings. The molecule has 0 unspecified atom stereocenters. The third kappa shape index (κ3) is 8.47. The van der Waals surface area contributed by atoms with Crippen LogP contribution in [0.5, 0.6) is 23.0 Å². The van der Waals surface area contributed by atoms with Crippen LogP contribution in [0.25, 0.3) is 34.2 Å². The van der Waals surface area contributed by atoms with Crippen molar-refractivity contribution < 1.29 is 38.7 Å². The first kappa shape index (κ1) is 33.2. The van der Waals surface area contributed by atoms with E-state index in [1.54, 1.807) is 38.1 Å².